The van der Waals surface area contributed by atoms with E-state index < -0.39 is 28.3 Å². The second-order valence-corrected chi connectivity index (χ2v) is 9.28. The van der Waals surface area contributed by atoms with E-state index in [1.54, 1.807) is 30.3 Å². The summed E-state index contributed by atoms with van der Waals surface area (Å²) in [6.45, 7) is -0.298. The van der Waals surface area contributed by atoms with Crippen LogP contribution in [0.25, 0.3) is 0 Å². The van der Waals surface area contributed by atoms with Crippen LogP contribution in [-0.2, 0) is 21.4 Å². The molecule has 33 heavy (non-hydrogen) atoms. The van der Waals surface area contributed by atoms with Gasteiger partial charge in [0.15, 0.2) is 0 Å². The smallest absolute Gasteiger partial charge is 0.260 e. The van der Waals surface area contributed by atoms with Crippen molar-refractivity contribution >= 4 is 39.4 Å². The Morgan fingerprint density at radius 2 is 1.76 bits per heavy atom. The molecule has 0 heterocycles. The monoisotopic (exact) mass is 489 g/mol. The van der Waals surface area contributed by atoms with Gasteiger partial charge in [0.1, 0.15) is 24.7 Å². The Bertz CT molecular complexity index is 1250. The number of hydrogen-bond acceptors (Lipinski definition) is 5. The molecule has 3 aromatic carbocycles. The van der Waals surface area contributed by atoms with Crippen molar-refractivity contribution in [3.05, 3.63) is 94.8 Å². The van der Waals surface area contributed by atoms with Crippen LogP contribution in [0.3, 0.4) is 0 Å². The third kappa shape index (κ3) is 7.03. The number of rotatable bonds is 9. The Labute approximate surface area is 196 Å². The molecule has 3 rings (SSSR count). The zero-order chi connectivity index (χ0) is 23.8. The summed E-state index contributed by atoms with van der Waals surface area (Å²) in [5, 5.41) is 4.46. The van der Waals surface area contributed by atoms with Gasteiger partial charge in [-0.1, -0.05) is 41.9 Å². The van der Waals surface area contributed by atoms with Gasteiger partial charge in [-0.25, -0.2) is 18.2 Å². The number of nitrogens with zero attached hydrogens (tertiary/aromatic N) is 2. The molecular formula is C23H21ClFN3O4S. The van der Waals surface area contributed by atoms with Gasteiger partial charge >= 0.3 is 0 Å². The van der Waals surface area contributed by atoms with Crippen LogP contribution >= 0.6 is 11.6 Å². The highest BCUT2D eigenvalue weighted by Crippen LogP contribution is 2.21. The normalized spacial score (nSPS) is 11.4. The number of ether oxygens (including phenoxy) is 1. The first-order chi connectivity index (χ1) is 15.7. The number of carbonyl (C=O) groups is 1. The highest BCUT2D eigenvalue weighted by atomic mass is 35.5. The van der Waals surface area contributed by atoms with Crippen LogP contribution in [0.2, 0.25) is 5.02 Å². The highest BCUT2D eigenvalue weighted by molar-refractivity contribution is 7.92. The lowest BCUT2D eigenvalue weighted by molar-refractivity contribution is -0.119. The van der Waals surface area contributed by atoms with Crippen LogP contribution < -0.4 is 14.5 Å². The molecule has 3 aromatic rings. The zero-order valence-corrected chi connectivity index (χ0v) is 19.2. The van der Waals surface area contributed by atoms with E-state index in [2.05, 4.69) is 10.5 Å². The zero-order valence-electron chi connectivity index (χ0n) is 17.6. The third-order valence-electron chi connectivity index (χ3n) is 4.44. The molecule has 0 saturated carbocycles. The molecule has 0 bridgehead atoms. The van der Waals surface area contributed by atoms with E-state index in [1.807, 2.05) is 18.2 Å². The molecular weight excluding hydrogens is 469 g/mol. The topological polar surface area (TPSA) is 88.1 Å². The van der Waals surface area contributed by atoms with Gasteiger partial charge in [0.05, 0.1) is 18.2 Å². The maximum absolute atomic E-state index is 14.0. The molecule has 0 atom stereocenters. The SMILES string of the molecule is CS(=O)(=O)N(CC(=O)N/N=C\c1ccc(OCc2ccccc2Cl)cc1)c1ccccc1F. The number of benzene rings is 3. The summed E-state index contributed by atoms with van der Waals surface area (Å²) in [4.78, 5) is 12.2. The van der Waals surface area contributed by atoms with Gasteiger partial charge in [0.25, 0.3) is 5.91 Å². The Morgan fingerprint density at radius 3 is 2.42 bits per heavy atom. The minimum atomic E-state index is -3.89. The molecule has 10 heteroatoms. The standard InChI is InChI=1S/C23H21ClFN3O4S/c1-33(30,31)28(22-9-5-4-8-21(22)25)15-23(29)27-26-14-17-10-12-19(13-11-17)32-16-18-6-2-3-7-20(18)24/h2-14H,15-16H2,1H3,(H,27,29)/b26-14-. The number of para-hydroxylation sites is 1. The second-order valence-electron chi connectivity index (χ2n) is 6.96. The van der Waals surface area contributed by atoms with Gasteiger partial charge in [-0.2, -0.15) is 5.10 Å². The van der Waals surface area contributed by atoms with Crippen LogP contribution in [-0.4, -0.2) is 33.3 Å². The van der Waals surface area contributed by atoms with Crippen LogP contribution in [0.4, 0.5) is 10.1 Å². The Balaban J connectivity index is 1.56. The fraction of sp³-hybridized carbons (Fsp3) is 0.130. The predicted octanol–water partition coefficient (Wildman–Crippen LogP) is 3.97. The van der Waals surface area contributed by atoms with Crippen molar-refractivity contribution in [2.75, 3.05) is 17.1 Å². The van der Waals surface area contributed by atoms with Crippen molar-refractivity contribution in [1.29, 1.82) is 0 Å². The van der Waals surface area contributed by atoms with Crippen molar-refractivity contribution in [3.8, 4) is 5.75 Å². The summed E-state index contributed by atoms with van der Waals surface area (Å²) < 4.78 is 44.5. The number of halogens is 2. The van der Waals surface area contributed by atoms with Crippen molar-refractivity contribution in [1.82, 2.24) is 5.43 Å². The molecule has 0 aliphatic heterocycles. The molecule has 0 saturated heterocycles. The number of anilines is 1. The van der Waals surface area contributed by atoms with E-state index in [0.29, 0.717) is 27.2 Å². The fourth-order valence-electron chi connectivity index (χ4n) is 2.81. The van der Waals surface area contributed by atoms with E-state index in [9.17, 15) is 17.6 Å². The number of hydrogen-bond donors (Lipinski definition) is 1. The summed E-state index contributed by atoms with van der Waals surface area (Å²) in [5.41, 5.74) is 3.57. The van der Waals surface area contributed by atoms with Crippen molar-refractivity contribution in [2.24, 2.45) is 5.10 Å². The third-order valence-corrected chi connectivity index (χ3v) is 5.94. The molecule has 1 N–H and O–H groups in total. The Kier molecular flexibility index (Phi) is 8.02. The fourth-order valence-corrected chi connectivity index (χ4v) is 3.85. The first-order valence-corrected chi connectivity index (χ1v) is 12.0. The first-order valence-electron chi connectivity index (χ1n) is 9.74. The van der Waals surface area contributed by atoms with Gasteiger partial charge in [-0.05, 0) is 48.0 Å². The lowest BCUT2D eigenvalue weighted by Gasteiger charge is -2.21. The lowest BCUT2D eigenvalue weighted by Crippen LogP contribution is -2.39. The summed E-state index contributed by atoms with van der Waals surface area (Å²) >= 11 is 6.11. The van der Waals surface area contributed by atoms with E-state index >= 15 is 0 Å². The molecule has 0 spiro atoms. The predicted molar refractivity (Wildman–Crippen MR) is 127 cm³/mol. The summed E-state index contributed by atoms with van der Waals surface area (Å²) in [6.07, 6.45) is 2.29. The van der Waals surface area contributed by atoms with Gasteiger partial charge in [0, 0.05) is 10.6 Å². The summed E-state index contributed by atoms with van der Waals surface area (Å²) in [6, 6.07) is 19.6. The Morgan fingerprint density at radius 1 is 1.09 bits per heavy atom. The van der Waals surface area contributed by atoms with Crippen molar-refractivity contribution in [3.63, 3.8) is 0 Å². The molecule has 0 unspecified atom stereocenters. The average Bonchev–Trinajstić information content (AvgIpc) is 2.78. The largest absolute Gasteiger partial charge is 0.489 e. The van der Waals surface area contributed by atoms with Gasteiger partial charge in [-0.3, -0.25) is 9.10 Å². The molecule has 7 nitrogen and oxygen atoms in total. The Hall–Kier alpha value is -3.43. The van der Waals surface area contributed by atoms with Gasteiger partial charge in [-0.15, -0.1) is 0 Å². The van der Waals surface area contributed by atoms with E-state index in [4.69, 9.17) is 16.3 Å². The van der Waals surface area contributed by atoms with Crippen LogP contribution in [0, 0.1) is 5.82 Å². The number of nitrogens with one attached hydrogen (secondary N) is 1. The van der Waals surface area contributed by atoms with E-state index in [0.717, 1.165) is 17.9 Å². The summed E-state index contributed by atoms with van der Waals surface area (Å²) in [5.74, 6) is -0.847. The second kappa shape index (κ2) is 10.9. The molecule has 172 valence electrons. The van der Waals surface area contributed by atoms with E-state index in [1.165, 1.54) is 24.4 Å². The molecule has 0 aliphatic carbocycles. The number of hydrazone groups is 1. The highest BCUT2D eigenvalue weighted by Gasteiger charge is 2.23. The van der Waals surface area contributed by atoms with Crippen molar-refractivity contribution in [2.45, 2.75) is 6.61 Å². The summed E-state index contributed by atoms with van der Waals surface area (Å²) in [7, 11) is -3.89. The van der Waals surface area contributed by atoms with Gasteiger partial charge < -0.3 is 4.74 Å². The van der Waals surface area contributed by atoms with Crippen LogP contribution in [0.1, 0.15) is 11.1 Å². The molecule has 1 amide bonds. The quantitative estimate of drug-likeness (QED) is 0.364. The van der Waals surface area contributed by atoms with Crippen molar-refractivity contribution < 1.29 is 22.3 Å². The number of sulfonamides is 1. The minimum absolute atomic E-state index is 0.216. The molecule has 0 radical (unpaired) electrons. The molecule has 0 aromatic heterocycles. The van der Waals surface area contributed by atoms with Crippen LogP contribution in [0.5, 0.6) is 5.75 Å². The molecule has 0 aliphatic rings. The van der Waals surface area contributed by atoms with Crippen LogP contribution in [0.15, 0.2) is 77.9 Å². The first kappa shape index (κ1) is 24.2. The minimum Gasteiger partial charge on any atom is -0.489 e. The van der Waals surface area contributed by atoms with Gasteiger partial charge in [0.2, 0.25) is 10.0 Å². The maximum Gasteiger partial charge on any atom is 0.260 e. The molecule has 0 fully saturated rings. The number of carbonyl (C=O) groups excluding carboxylic acids is 1. The lowest BCUT2D eigenvalue weighted by atomic mass is 10.2. The average molecular weight is 490 g/mol. The number of amides is 1. The van der Waals surface area contributed by atoms with E-state index in [-0.39, 0.29) is 5.69 Å². The maximum atomic E-state index is 14.0.